The number of amides is 2. The molecule has 1 aromatic rings. The van der Waals surface area contributed by atoms with Crippen LogP contribution in [0.4, 0.5) is 0 Å². The van der Waals surface area contributed by atoms with Gasteiger partial charge in [0.05, 0.1) is 4.88 Å². The maximum atomic E-state index is 12.4. The fraction of sp³-hybridized carbons (Fsp3) is 0.684. The van der Waals surface area contributed by atoms with Crippen LogP contribution in [-0.4, -0.2) is 48.9 Å². The molecule has 2 N–H and O–H groups in total. The van der Waals surface area contributed by atoms with Crippen LogP contribution in [0.5, 0.6) is 0 Å². The van der Waals surface area contributed by atoms with E-state index in [0.29, 0.717) is 11.4 Å². The second-order valence-corrected chi connectivity index (χ2v) is 8.29. The van der Waals surface area contributed by atoms with Crippen LogP contribution in [0.1, 0.15) is 49.7 Å². The first kappa shape index (κ1) is 19.9. The van der Waals surface area contributed by atoms with Crippen molar-refractivity contribution in [2.45, 2.75) is 46.1 Å². The number of thiophene rings is 1. The molecule has 1 aliphatic heterocycles. The van der Waals surface area contributed by atoms with Gasteiger partial charge in [-0.3, -0.25) is 9.59 Å². The lowest BCUT2D eigenvalue weighted by molar-refractivity contribution is -0.123. The molecule has 6 heteroatoms. The summed E-state index contributed by atoms with van der Waals surface area (Å²) in [4.78, 5) is 27.8. The minimum absolute atomic E-state index is 0.0486. The molecule has 1 atom stereocenters. The predicted molar refractivity (Wildman–Crippen MR) is 103 cm³/mol. The monoisotopic (exact) mass is 365 g/mol. The molecule has 2 rings (SSSR count). The van der Waals surface area contributed by atoms with Crippen molar-refractivity contribution in [2.75, 3.05) is 26.2 Å². The zero-order chi connectivity index (χ0) is 18.2. The molecule has 0 aromatic carbocycles. The number of carbonyl (C=O) groups is 2. The predicted octanol–water partition coefficient (Wildman–Crippen LogP) is 2.74. The fourth-order valence-corrected chi connectivity index (χ4v) is 3.69. The van der Waals surface area contributed by atoms with Crippen LogP contribution in [0, 0.1) is 11.8 Å². The lowest BCUT2D eigenvalue weighted by Crippen LogP contribution is -2.50. The molecule has 2 heterocycles. The minimum atomic E-state index is -0.495. The Bertz CT molecular complexity index is 537. The van der Waals surface area contributed by atoms with Crippen molar-refractivity contribution in [3.05, 3.63) is 22.4 Å². The summed E-state index contributed by atoms with van der Waals surface area (Å²) in [6, 6.07) is 3.12. The van der Waals surface area contributed by atoms with Crippen LogP contribution in [0.2, 0.25) is 0 Å². The van der Waals surface area contributed by atoms with Crippen LogP contribution in [0.3, 0.4) is 0 Å². The number of hydrogen-bond acceptors (Lipinski definition) is 4. The molecule has 1 saturated heterocycles. The molecular formula is C19H31N3O2S. The van der Waals surface area contributed by atoms with Crippen LogP contribution in [-0.2, 0) is 4.79 Å². The number of hydrogen-bond donors (Lipinski definition) is 2. The molecule has 1 unspecified atom stereocenters. The maximum absolute atomic E-state index is 12.4. The number of carbonyl (C=O) groups excluding carboxylic acids is 2. The standard InChI is InChI=1S/C19H31N3O2S/c1-14(2)17(21-18(23)16-6-4-13-25-16)19(24)20-9-5-10-22-11-7-15(3)8-12-22/h4,6,13-15,17H,5,7-12H2,1-3H3,(H,20,24)(H,21,23). The molecule has 0 radical (unpaired) electrons. The molecule has 0 saturated carbocycles. The van der Waals surface area contributed by atoms with Crippen molar-refractivity contribution in [3.8, 4) is 0 Å². The van der Waals surface area contributed by atoms with Gasteiger partial charge in [-0.15, -0.1) is 11.3 Å². The Morgan fingerprint density at radius 1 is 1.32 bits per heavy atom. The SMILES string of the molecule is CC1CCN(CCCNC(=O)C(NC(=O)c2cccs2)C(C)C)CC1. The average Bonchev–Trinajstić information content (AvgIpc) is 3.12. The smallest absolute Gasteiger partial charge is 0.262 e. The first-order chi connectivity index (χ1) is 12.0. The van der Waals surface area contributed by atoms with Gasteiger partial charge in [0.25, 0.3) is 5.91 Å². The van der Waals surface area contributed by atoms with Gasteiger partial charge < -0.3 is 15.5 Å². The largest absolute Gasteiger partial charge is 0.354 e. The molecule has 1 fully saturated rings. The Kier molecular flexibility index (Phi) is 7.90. The van der Waals surface area contributed by atoms with Crippen LogP contribution >= 0.6 is 11.3 Å². The van der Waals surface area contributed by atoms with E-state index >= 15 is 0 Å². The highest BCUT2D eigenvalue weighted by Gasteiger charge is 2.24. The van der Waals surface area contributed by atoms with Gasteiger partial charge in [0.15, 0.2) is 0 Å². The van der Waals surface area contributed by atoms with E-state index in [1.165, 1.54) is 37.3 Å². The van der Waals surface area contributed by atoms with Gasteiger partial charge in [-0.05, 0) is 62.2 Å². The Balaban J connectivity index is 1.71. The first-order valence-electron chi connectivity index (χ1n) is 9.31. The highest BCUT2D eigenvalue weighted by atomic mass is 32.1. The number of rotatable bonds is 8. The van der Waals surface area contributed by atoms with Crippen molar-refractivity contribution in [1.29, 1.82) is 0 Å². The Labute approximate surface area is 155 Å². The van der Waals surface area contributed by atoms with Crippen molar-refractivity contribution in [1.82, 2.24) is 15.5 Å². The third-order valence-electron chi connectivity index (χ3n) is 4.81. The van der Waals surface area contributed by atoms with Gasteiger partial charge in [0, 0.05) is 6.54 Å². The van der Waals surface area contributed by atoms with E-state index in [0.717, 1.165) is 18.9 Å². The van der Waals surface area contributed by atoms with Gasteiger partial charge in [-0.25, -0.2) is 0 Å². The number of likely N-dealkylation sites (tertiary alicyclic amines) is 1. The van der Waals surface area contributed by atoms with Crippen LogP contribution in [0.25, 0.3) is 0 Å². The number of piperidine rings is 1. The lowest BCUT2D eigenvalue weighted by Gasteiger charge is -2.30. The molecule has 140 valence electrons. The molecule has 0 spiro atoms. The number of nitrogens with zero attached hydrogens (tertiary/aromatic N) is 1. The van der Waals surface area contributed by atoms with E-state index in [1.807, 2.05) is 25.3 Å². The second-order valence-electron chi connectivity index (χ2n) is 7.34. The summed E-state index contributed by atoms with van der Waals surface area (Å²) < 4.78 is 0. The summed E-state index contributed by atoms with van der Waals surface area (Å²) in [6.45, 7) is 10.2. The van der Waals surface area contributed by atoms with Gasteiger partial charge in [0.1, 0.15) is 6.04 Å². The highest BCUT2D eigenvalue weighted by Crippen LogP contribution is 2.15. The molecule has 5 nitrogen and oxygen atoms in total. The minimum Gasteiger partial charge on any atom is -0.354 e. The van der Waals surface area contributed by atoms with E-state index in [2.05, 4.69) is 22.5 Å². The highest BCUT2D eigenvalue weighted by molar-refractivity contribution is 7.12. The van der Waals surface area contributed by atoms with Gasteiger partial charge in [0.2, 0.25) is 5.91 Å². The van der Waals surface area contributed by atoms with Crippen molar-refractivity contribution in [3.63, 3.8) is 0 Å². The van der Waals surface area contributed by atoms with E-state index in [9.17, 15) is 9.59 Å². The van der Waals surface area contributed by atoms with Crippen LogP contribution in [0.15, 0.2) is 17.5 Å². The third kappa shape index (κ3) is 6.44. The average molecular weight is 366 g/mol. The summed E-state index contributed by atoms with van der Waals surface area (Å²) in [5.74, 6) is 0.626. The van der Waals surface area contributed by atoms with E-state index in [4.69, 9.17) is 0 Å². The van der Waals surface area contributed by atoms with Gasteiger partial charge in [-0.1, -0.05) is 26.8 Å². The lowest BCUT2D eigenvalue weighted by atomic mass is 9.99. The molecule has 2 amide bonds. The molecule has 1 aromatic heterocycles. The van der Waals surface area contributed by atoms with Crippen molar-refractivity contribution < 1.29 is 9.59 Å². The normalized spacial score (nSPS) is 17.4. The van der Waals surface area contributed by atoms with Gasteiger partial charge in [-0.2, -0.15) is 0 Å². The first-order valence-corrected chi connectivity index (χ1v) is 10.2. The van der Waals surface area contributed by atoms with Gasteiger partial charge >= 0.3 is 0 Å². The van der Waals surface area contributed by atoms with Crippen LogP contribution < -0.4 is 10.6 Å². The summed E-state index contributed by atoms with van der Waals surface area (Å²) >= 11 is 1.38. The number of nitrogens with one attached hydrogen (secondary N) is 2. The molecule has 25 heavy (non-hydrogen) atoms. The molecule has 0 bridgehead atoms. The van der Waals surface area contributed by atoms with E-state index in [-0.39, 0.29) is 17.7 Å². The Morgan fingerprint density at radius 3 is 2.64 bits per heavy atom. The third-order valence-corrected chi connectivity index (χ3v) is 5.68. The fourth-order valence-electron chi connectivity index (χ4n) is 3.06. The molecule has 0 aliphatic carbocycles. The Morgan fingerprint density at radius 2 is 2.04 bits per heavy atom. The van der Waals surface area contributed by atoms with Crippen molar-refractivity contribution >= 4 is 23.2 Å². The topological polar surface area (TPSA) is 61.4 Å². The summed E-state index contributed by atoms with van der Waals surface area (Å²) in [5, 5.41) is 7.71. The maximum Gasteiger partial charge on any atom is 0.262 e. The summed E-state index contributed by atoms with van der Waals surface area (Å²) in [6.07, 6.45) is 3.50. The van der Waals surface area contributed by atoms with E-state index in [1.54, 1.807) is 6.07 Å². The summed E-state index contributed by atoms with van der Waals surface area (Å²) in [7, 11) is 0. The van der Waals surface area contributed by atoms with Crippen molar-refractivity contribution in [2.24, 2.45) is 11.8 Å². The zero-order valence-electron chi connectivity index (χ0n) is 15.6. The zero-order valence-corrected chi connectivity index (χ0v) is 16.4. The van der Waals surface area contributed by atoms with E-state index < -0.39 is 6.04 Å². The molecular weight excluding hydrogens is 334 g/mol. The Hall–Kier alpha value is -1.40. The quantitative estimate of drug-likeness (QED) is 0.697. The molecule has 1 aliphatic rings. The summed E-state index contributed by atoms with van der Waals surface area (Å²) in [5.41, 5.74) is 0. The second kappa shape index (κ2) is 9.92.